The lowest BCUT2D eigenvalue weighted by Crippen LogP contribution is -2.38. The van der Waals surface area contributed by atoms with E-state index in [0.717, 1.165) is 32.1 Å². The molecule has 1 aromatic carbocycles. The maximum Gasteiger partial charge on any atom is 0.127 e. The van der Waals surface area contributed by atoms with Gasteiger partial charge in [-0.25, -0.2) is 4.39 Å². The number of nitrogens with one attached hydrogen (secondary N) is 1. The molecule has 0 amide bonds. The first-order valence-corrected chi connectivity index (χ1v) is 6.80. The Balaban J connectivity index is 1.99. The van der Waals surface area contributed by atoms with E-state index in [9.17, 15) is 9.50 Å². The van der Waals surface area contributed by atoms with Crippen LogP contribution < -0.4 is 5.32 Å². The fourth-order valence-corrected chi connectivity index (χ4v) is 2.55. The van der Waals surface area contributed by atoms with Crippen LogP contribution in [0.4, 0.5) is 4.39 Å². The van der Waals surface area contributed by atoms with Gasteiger partial charge in [-0.3, -0.25) is 0 Å². The molecule has 0 saturated heterocycles. The zero-order valence-corrected chi connectivity index (χ0v) is 10.9. The molecule has 0 bridgehead atoms. The van der Waals surface area contributed by atoms with Gasteiger partial charge in [-0.1, -0.05) is 19.3 Å². The van der Waals surface area contributed by atoms with Gasteiger partial charge >= 0.3 is 0 Å². The van der Waals surface area contributed by atoms with Gasteiger partial charge in [-0.15, -0.1) is 0 Å². The second kappa shape index (κ2) is 6.65. The summed E-state index contributed by atoms with van der Waals surface area (Å²) in [6.07, 6.45) is 4.66. The van der Waals surface area contributed by atoms with Crippen molar-refractivity contribution in [2.45, 2.75) is 50.8 Å². The van der Waals surface area contributed by atoms with Gasteiger partial charge in [0.1, 0.15) is 5.82 Å². The number of nitrogens with zero attached hydrogens (tertiary/aromatic N) is 1. The average Bonchev–Trinajstić information content (AvgIpc) is 2.63. The molecule has 0 heterocycles. The van der Waals surface area contributed by atoms with Crippen molar-refractivity contribution >= 4 is 0 Å². The third kappa shape index (κ3) is 3.76. The Morgan fingerprint density at radius 3 is 2.89 bits per heavy atom. The second-order valence-corrected chi connectivity index (χ2v) is 5.11. The van der Waals surface area contributed by atoms with Crippen LogP contribution in [0.5, 0.6) is 0 Å². The minimum atomic E-state index is -0.357. The van der Waals surface area contributed by atoms with Crippen LogP contribution in [0.3, 0.4) is 0 Å². The first kappa shape index (κ1) is 14.0. The Bertz CT molecular complexity index is 470. The van der Waals surface area contributed by atoms with E-state index in [1.165, 1.54) is 12.1 Å². The number of aliphatic hydroxyl groups excluding tert-OH is 1. The maximum atomic E-state index is 13.6. The highest BCUT2D eigenvalue weighted by Gasteiger charge is 2.21. The van der Waals surface area contributed by atoms with Gasteiger partial charge in [0.15, 0.2) is 0 Å². The summed E-state index contributed by atoms with van der Waals surface area (Å²) in [4.78, 5) is 0. The van der Waals surface area contributed by atoms with E-state index in [1.807, 2.05) is 6.07 Å². The molecule has 2 atom stereocenters. The van der Waals surface area contributed by atoms with E-state index in [4.69, 9.17) is 5.26 Å². The lowest BCUT2D eigenvalue weighted by atomic mass is 10.1. The Labute approximate surface area is 113 Å². The van der Waals surface area contributed by atoms with Crippen molar-refractivity contribution in [3.8, 4) is 6.07 Å². The SMILES string of the molecule is N#Cc1ccc(F)c(CNC2CCCCCC2O)c1. The number of halogens is 1. The van der Waals surface area contributed by atoms with Gasteiger partial charge in [-0.2, -0.15) is 5.26 Å². The normalized spacial score (nSPS) is 23.6. The monoisotopic (exact) mass is 262 g/mol. The van der Waals surface area contributed by atoms with Crippen molar-refractivity contribution < 1.29 is 9.50 Å². The van der Waals surface area contributed by atoms with Crippen molar-refractivity contribution in [1.29, 1.82) is 5.26 Å². The van der Waals surface area contributed by atoms with E-state index >= 15 is 0 Å². The van der Waals surface area contributed by atoms with Crippen LogP contribution >= 0.6 is 0 Å². The molecule has 0 spiro atoms. The molecule has 2 unspecified atom stereocenters. The quantitative estimate of drug-likeness (QED) is 0.823. The molecule has 2 N–H and O–H groups in total. The fourth-order valence-electron chi connectivity index (χ4n) is 2.55. The lowest BCUT2D eigenvalue weighted by molar-refractivity contribution is 0.119. The highest BCUT2D eigenvalue weighted by Crippen LogP contribution is 2.19. The topological polar surface area (TPSA) is 56.0 Å². The molecular weight excluding hydrogens is 243 g/mol. The van der Waals surface area contributed by atoms with Crippen molar-refractivity contribution in [2.75, 3.05) is 0 Å². The van der Waals surface area contributed by atoms with E-state index in [-0.39, 0.29) is 18.0 Å². The molecule has 102 valence electrons. The zero-order chi connectivity index (χ0) is 13.7. The van der Waals surface area contributed by atoms with Crippen LogP contribution in [0.1, 0.15) is 43.2 Å². The van der Waals surface area contributed by atoms with Gasteiger partial charge in [0.25, 0.3) is 0 Å². The summed E-state index contributed by atoms with van der Waals surface area (Å²) in [5.74, 6) is -0.311. The highest BCUT2D eigenvalue weighted by atomic mass is 19.1. The number of hydrogen-bond donors (Lipinski definition) is 2. The molecule has 1 aliphatic carbocycles. The third-order valence-corrected chi connectivity index (χ3v) is 3.71. The minimum Gasteiger partial charge on any atom is -0.392 e. The van der Waals surface area contributed by atoms with Gasteiger partial charge in [0.05, 0.1) is 17.7 Å². The molecule has 3 nitrogen and oxygen atoms in total. The molecular formula is C15H19FN2O. The molecule has 1 aromatic rings. The van der Waals surface area contributed by atoms with Crippen molar-refractivity contribution in [3.63, 3.8) is 0 Å². The van der Waals surface area contributed by atoms with Gasteiger partial charge in [0.2, 0.25) is 0 Å². The number of nitriles is 1. The maximum absolute atomic E-state index is 13.6. The Morgan fingerprint density at radius 2 is 2.11 bits per heavy atom. The van der Waals surface area contributed by atoms with Gasteiger partial charge < -0.3 is 10.4 Å². The smallest absolute Gasteiger partial charge is 0.127 e. The highest BCUT2D eigenvalue weighted by molar-refractivity contribution is 5.33. The first-order chi connectivity index (χ1) is 9.20. The molecule has 1 aliphatic rings. The van der Waals surface area contributed by atoms with Gasteiger partial charge in [-0.05, 0) is 31.0 Å². The second-order valence-electron chi connectivity index (χ2n) is 5.11. The molecule has 1 saturated carbocycles. The summed E-state index contributed by atoms with van der Waals surface area (Å²) in [6.45, 7) is 0.350. The fraction of sp³-hybridized carbons (Fsp3) is 0.533. The van der Waals surface area contributed by atoms with Crippen LogP contribution in [0.25, 0.3) is 0 Å². The molecule has 0 aliphatic heterocycles. The number of benzene rings is 1. The van der Waals surface area contributed by atoms with E-state index in [2.05, 4.69) is 5.32 Å². The van der Waals surface area contributed by atoms with Crippen LogP contribution in [0, 0.1) is 17.1 Å². The summed E-state index contributed by atoms with van der Waals surface area (Å²) >= 11 is 0. The summed E-state index contributed by atoms with van der Waals surface area (Å²) in [5, 5.41) is 22.0. The number of aliphatic hydroxyl groups is 1. The standard InChI is InChI=1S/C15H19FN2O/c16-13-7-6-11(9-17)8-12(13)10-18-14-4-2-1-3-5-15(14)19/h6-8,14-15,18-19H,1-5,10H2. The zero-order valence-electron chi connectivity index (χ0n) is 10.9. The Kier molecular flexibility index (Phi) is 4.89. The van der Waals surface area contributed by atoms with E-state index in [1.54, 1.807) is 6.07 Å². The largest absolute Gasteiger partial charge is 0.392 e. The van der Waals surface area contributed by atoms with E-state index < -0.39 is 0 Å². The number of rotatable bonds is 3. The minimum absolute atomic E-state index is 0.0210. The molecule has 0 radical (unpaired) electrons. The van der Waals surface area contributed by atoms with Crippen molar-refractivity contribution in [2.24, 2.45) is 0 Å². The predicted octanol–water partition coefficient (Wildman–Crippen LogP) is 2.48. The third-order valence-electron chi connectivity index (χ3n) is 3.71. The summed E-state index contributed by atoms with van der Waals surface area (Å²) < 4.78 is 13.6. The molecule has 19 heavy (non-hydrogen) atoms. The van der Waals surface area contributed by atoms with Crippen molar-refractivity contribution in [3.05, 3.63) is 35.1 Å². The number of hydrogen-bond acceptors (Lipinski definition) is 3. The van der Waals surface area contributed by atoms with Crippen molar-refractivity contribution in [1.82, 2.24) is 5.32 Å². The van der Waals surface area contributed by atoms with Crippen LogP contribution in [0.15, 0.2) is 18.2 Å². The predicted molar refractivity (Wildman–Crippen MR) is 70.8 cm³/mol. The first-order valence-electron chi connectivity index (χ1n) is 6.80. The Morgan fingerprint density at radius 1 is 1.32 bits per heavy atom. The Hall–Kier alpha value is -1.44. The van der Waals surface area contributed by atoms with Crippen LogP contribution in [-0.4, -0.2) is 17.3 Å². The molecule has 1 fully saturated rings. The van der Waals surface area contributed by atoms with Gasteiger partial charge in [0, 0.05) is 18.2 Å². The summed E-state index contributed by atoms with van der Waals surface area (Å²) in [6, 6.07) is 6.38. The summed E-state index contributed by atoms with van der Waals surface area (Å²) in [5.41, 5.74) is 0.940. The lowest BCUT2D eigenvalue weighted by Gasteiger charge is -2.22. The van der Waals surface area contributed by atoms with E-state index in [0.29, 0.717) is 17.7 Å². The van der Waals surface area contributed by atoms with Crippen LogP contribution in [-0.2, 0) is 6.54 Å². The molecule has 4 heteroatoms. The summed E-state index contributed by atoms with van der Waals surface area (Å²) in [7, 11) is 0. The molecule has 0 aromatic heterocycles. The molecule has 2 rings (SSSR count). The van der Waals surface area contributed by atoms with Crippen LogP contribution in [0.2, 0.25) is 0 Å². The average molecular weight is 262 g/mol.